The molecule has 1 N–H and O–H groups in total. The fourth-order valence-electron chi connectivity index (χ4n) is 3.30. The second-order valence-electron chi connectivity index (χ2n) is 7.51. The van der Waals surface area contributed by atoms with Gasteiger partial charge in [0.2, 0.25) is 0 Å². The molecule has 3 rings (SSSR count). The molecule has 0 spiro atoms. The molecule has 1 fully saturated rings. The van der Waals surface area contributed by atoms with Crippen LogP contribution in [0.15, 0.2) is 22.7 Å². The number of aliphatic hydroxyl groups excluding tert-OH is 1. The molecule has 0 saturated carbocycles. The highest BCUT2D eigenvalue weighted by Gasteiger charge is 2.37. The predicted octanol–water partition coefficient (Wildman–Crippen LogP) is 2.80. The lowest BCUT2D eigenvalue weighted by molar-refractivity contribution is -0.0255. The quantitative estimate of drug-likeness (QED) is 0.768. The minimum absolute atomic E-state index is 0.123. The number of halogens is 1. The van der Waals surface area contributed by atoms with E-state index in [1.807, 2.05) is 39.0 Å². The Morgan fingerprint density at radius 2 is 1.96 bits per heavy atom. The van der Waals surface area contributed by atoms with E-state index in [1.165, 1.54) is 0 Å². The molecule has 1 saturated heterocycles. The number of carbonyl (C=O) groups excluding carboxylic acids is 1. The first kappa shape index (κ1) is 18.5. The first-order chi connectivity index (χ1) is 11.7. The zero-order valence-corrected chi connectivity index (χ0v) is 16.5. The average molecular weight is 413 g/mol. The van der Waals surface area contributed by atoms with Gasteiger partial charge in [0, 0.05) is 36.2 Å². The summed E-state index contributed by atoms with van der Waals surface area (Å²) in [5.74, 6) is 0.813. The first-order valence-electron chi connectivity index (χ1n) is 8.57. The van der Waals surface area contributed by atoms with Gasteiger partial charge in [0.15, 0.2) is 0 Å². The van der Waals surface area contributed by atoms with Gasteiger partial charge in [-0.1, -0.05) is 15.9 Å². The highest BCUT2D eigenvalue weighted by atomic mass is 79.9. The second-order valence-corrected chi connectivity index (χ2v) is 8.42. The van der Waals surface area contributed by atoms with Gasteiger partial charge in [-0.3, -0.25) is 4.90 Å². The van der Waals surface area contributed by atoms with Crippen LogP contribution in [0.4, 0.5) is 4.79 Å². The van der Waals surface area contributed by atoms with Crippen molar-refractivity contribution in [1.82, 2.24) is 9.80 Å². The molecule has 1 aromatic rings. The van der Waals surface area contributed by atoms with Gasteiger partial charge in [-0.2, -0.15) is 0 Å². The van der Waals surface area contributed by atoms with E-state index in [2.05, 4.69) is 20.8 Å². The third-order valence-corrected chi connectivity index (χ3v) is 4.92. The Morgan fingerprint density at radius 1 is 1.28 bits per heavy atom. The molecule has 0 aliphatic carbocycles. The predicted molar refractivity (Wildman–Crippen MR) is 97.8 cm³/mol. The molecule has 7 heteroatoms. The van der Waals surface area contributed by atoms with Crippen LogP contribution in [0.5, 0.6) is 5.75 Å². The van der Waals surface area contributed by atoms with Crippen LogP contribution >= 0.6 is 15.9 Å². The molecule has 0 unspecified atom stereocenters. The van der Waals surface area contributed by atoms with Crippen molar-refractivity contribution in [3.05, 3.63) is 28.2 Å². The summed E-state index contributed by atoms with van der Waals surface area (Å²) < 4.78 is 12.0. The molecule has 2 aliphatic heterocycles. The van der Waals surface area contributed by atoms with Crippen LogP contribution in [0, 0.1) is 0 Å². The van der Waals surface area contributed by atoms with Gasteiger partial charge >= 0.3 is 6.09 Å². The molecule has 2 atom stereocenters. The molecule has 1 aromatic carbocycles. The third-order valence-electron chi connectivity index (χ3n) is 4.42. The lowest BCUT2D eigenvalue weighted by atomic mass is 9.96. The maximum atomic E-state index is 12.2. The van der Waals surface area contributed by atoms with Crippen molar-refractivity contribution in [1.29, 1.82) is 0 Å². The van der Waals surface area contributed by atoms with Crippen molar-refractivity contribution in [2.24, 2.45) is 0 Å². The molecule has 1 amide bonds. The summed E-state index contributed by atoms with van der Waals surface area (Å²) in [5.41, 5.74) is 0.495. The molecule has 2 heterocycles. The maximum absolute atomic E-state index is 12.2. The standard InChI is InChI=1S/C18H25BrN2O4/c1-18(2,3)25-17(23)21-8-6-20(7-9-21)16-13-10-12(19)4-5-15(13)24-11-14(16)22/h4-5,10,14,16,22H,6-9,11H2,1-3H3/t14-,16-/m1/s1. The summed E-state index contributed by atoms with van der Waals surface area (Å²) in [4.78, 5) is 16.2. The number of amides is 1. The van der Waals surface area contributed by atoms with Gasteiger partial charge in [0.05, 0.1) is 6.04 Å². The summed E-state index contributed by atoms with van der Waals surface area (Å²) >= 11 is 3.49. The minimum Gasteiger partial charge on any atom is -0.490 e. The van der Waals surface area contributed by atoms with Crippen LogP contribution in [-0.2, 0) is 4.74 Å². The molecule has 2 aliphatic rings. The number of fused-ring (bicyclic) bond motifs is 1. The van der Waals surface area contributed by atoms with Crippen molar-refractivity contribution < 1.29 is 19.4 Å². The average Bonchev–Trinajstić information content (AvgIpc) is 2.53. The molecule has 25 heavy (non-hydrogen) atoms. The van der Waals surface area contributed by atoms with E-state index < -0.39 is 11.7 Å². The van der Waals surface area contributed by atoms with Gasteiger partial charge in [-0.25, -0.2) is 4.79 Å². The van der Waals surface area contributed by atoms with E-state index in [4.69, 9.17) is 9.47 Å². The number of rotatable bonds is 1. The summed E-state index contributed by atoms with van der Waals surface area (Å²) in [6.45, 7) is 8.44. The minimum atomic E-state index is -0.588. The van der Waals surface area contributed by atoms with E-state index >= 15 is 0 Å². The van der Waals surface area contributed by atoms with Crippen LogP contribution in [0.2, 0.25) is 0 Å². The van der Waals surface area contributed by atoms with Crippen molar-refractivity contribution in [2.75, 3.05) is 32.8 Å². The number of ether oxygens (including phenoxy) is 2. The number of hydrogen-bond donors (Lipinski definition) is 1. The molecule has 6 nitrogen and oxygen atoms in total. The Kier molecular flexibility index (Phi) is 5.27. The number of aliphatic hydroxyl groups is 1. The van der Waals surface area contributed by atoms with Gasteiger partial charge < -0.3 is 19.5 Å². The topological polar surface area (TPSA) is 62.2 Å². The Balaban J connectivity index is 1.69. The summed E-state index contributed by atoms with van der Waals surface area (Å²) in [6, 6.07) is 5.74. The Labute approximate surface area is 156 Å². The van der Waals surface area contributed by atoms with Crippen molar-refractivity contribution in [3.8, 4) is 5.75 Å². The van der Waals surface area contributed by atoms with E-state index in [1.54, 1.807) is 4.90 Å². The van der Waals surface area contributed by atoms with Crippen LogP contribution in [0.3, 0.4) is 0 Å². The largest absolute Gasteiger partial charge is 0.490 e. The maximum Gasteiger partial charge on any atom is 0.410 e. The fourth-order valence-corrected chi connectivity index (χ4v) is 3.68. The lowest BCUT2D eigenvalue weighted by Gasteiger charge is -2.43. The fraction of sp³-hybridized carbons (Fsp3) is 0.611. The summed E-state index contributed by atoms with van der Waals surface area (Å²) in [5, 5.41) is 10.5. The molecule has 0 aromatic heterocycles. The van der Waals surface area contributed by atoms with Crippen LogP contribution < -0.4 is 4.74 Å². The monoisotopic (exact) mass is 412 g/mol. The molecule has 138 valence electrons. The number of benzene rings is 1. The number of carbonyl (C=O) groups is 1. The van der Waals surface area contributed by atoms with Gasteiger partial charge in [0.25, 0.3) is 0 Å². The van der Waals surface area contributed by atoms with E-state index in [0.717, 1.165) is 15.8 Å². The van der Waals surface area contributed by atoms with Crippen LogP contribution in [0.25, 0.3) is 0 Å². The SMILES string of the molecule is CC(C)(C)OC(=O)N1CCN([C@@H]2c3cc(Br)ccc3OC[C@H]2O)CC1. The Morgan fingerprint density at radius 3 is 2.60 bits per heavy atom. The molecular formula is C18H25BrN2O4. The van der Waals surface area contributed by atoms with E-state index in [9.17, 15) is 9.90 Å². The van der Waals surface area contributed by atoms with Crippen molar-refractivity contribution >= 4 is 22.0 Å². The lowest BCUT2D eigenvalue weighted by Crippen LogP contribution is -2.53. The van der Waals surface area contributed by atoms with Crippen LogP contribution in [0.1, 0.15) is 32.4 Å². The highest BCUT2D eigenvalue weighted by Crippen LogP contribution is 2.38. The number of hydrogen-bond acceptors (Lipinski definition) is 5. The Bertz CT molecular complexity index is 638. The van der Waals surface area contributed by atoms with E-state index in [-0.39, 0.29) is 18.7 Å². The molecule has 0 radical (unpaired) electrons. The van der Waals surface area contributed by atoms with Crippen LogP contribution in [-0.4, -0.2) is 65.5 Å². The van der Waals surface area contributed by atoms with E-state index in [0.29, 0.717) is 26.2 Å². The number of piperazine rings is 1. The van der Waals surface area contributed by atoms with Gasteiger partial charge in [-0.05, 0) is 39.0 Å². The summed E-state index contributed by atoms with van der Waals surface area (Å²) in [7, 11) is 0. The first-order valence-corrected chi connectivity index (χ1v) is 9.36. The molecule has 0 bridgehead atoms. The van der Waals surface area contributed by atoms with Gasteiger partial charge in [-0.15, -0.1) is 0 Å². The normalized spacial score (nSPS) is 24.4. The Hall–Kier alpha value is -1.31. The number of nitrogens with zero attached hydrogens (tertiary/aromatic N) is 2. The summed E-state index contributed by atoms with van der Waals surface area (Å²) in [6.07, 6.45) is -0.863. The van der Waals surface area contributed by atoms with Crippen molar-refractivity contribution in [2.45, 2.75) is 38.5 Å². The third kappa shape index (κ3) is 4.27. The zero-order valence-electron chi connectivity index (χ0n) is 14.9. The molecular weight excluding hydrogens is 388 g/mol. The van der Waals surface area contributed by atoms with Crippen molar-refractivity contribution in [3.63, 3.8) is 0 Å². The smallest absolute Gasteiger partial charge is 0.410 e. The van der Waals surface area contributed by atoms with Gasteiger partial charge in [0.1, 0.15) is 24.1 Å². The second kappa shape index (κ2) is 7.13. The zero-order chi connectivity index (χ0) is 18.2. The highest BCUT2D eigenvalue weighted by molar-refractivity contribution is 9.10.